The average molecular weight is 113 g/mol. The van der Waals surface area contributed by atoms with E-state index in [1.165, 1.54) is 0 Å². The average Bonchev–Trinajstić information content (AvgIpc) is 1.62. The van der Waals surface area contributed by atoms with Crippen molar-refractivity contribution in [3.05, 3.63) is 19.6 Å². The normalized spacial score (nSPS) is 10.9. The van der Waals surface area contributed by atoms with Crippen molar-refractivity contribution in [3.8, 4) is 0 Å². The molecule has 0 aromatic heterocycles. The van der Waals surface area contributed by atoms with Crippen molar-refractivity contribution >= 4 is 5.78 Å². The molecule has 0 spiro atoms. The van der Waals surface area contributed by atoms with Gasteiger partial charge in [0, 0.05) is 0 Å². The van der Waals surface area contributed by atoms with Crippen LogP contribution in [0.4, 0.5) is 0 Å². The Bertz CT molecular complexity index is 112. The summed E-state index contributed by atoms with van der Waals surface area (Å²) < 4.78 is 0. The number of nitrogens with two attached hydrogens (primary N) is 2. The molecule has 0 fully saturated rings. The second-order valence-electron chi connectivity index (χ2n) is 1.61. The van der Waals surface area contributed by atoms with E-state index < -0.39 is 11.4 Å². The van der Waals surface area contributed by atoms with Gasteiger partial charge in [0.15, 0.2) is 5.78 Å². The Labute approximate surface area is 48.4 Å². The van der Waals surface area contributed by atoms with Gasteiger partial charge in [-0.2, -0.15) is 0 Å². The number of carbonyl (C=O) groups is 1. The maximum atomic E-state index is 10.4. The smallest absolute Gasteiger partial charge is 0.189 e. The fourth-order valence-electron chi connectivity index (χ4n) is 0.190. The first-order chi connectivity index (χ1) is 3.48. The van der Waals surface area contributed by atoms with Crippen molar-refractivity contribution in [2.24, 2.45) is 11.5 Å². The zero-order valence-corrected chi connectivity index (χ0v) is 4.55. The van der Waals surface area contributed by atoms with E-state index in [9.17, 15) is 4.79 Å². The van der Waals surface area contributed by atoms with Crippen molar-refractivity contribution in [2.75, 3.05) is 0 Å². The summed E-state index contributed by atoms with van der Waals surface area (Å²) in [5.74, 6) is -0.461. The fraction of sp³-hybridized carbons (Fsp3) is 0.200. The molecule has 0 aromatic rings. The Balaban J connectivity index is 4.02. The Morgan fingerprint density at radius 3 is 2.00 bits per heavy atom. The number of carbonyl (C=O) groups excluding carboxylic acids is 1. The van der Waals surface area contributed by atoms with Gasteiger partial charge in [0.2, 0.25) is 0 Å². The molecule has 3 nitrogen and oxygen atoms in total. The Morgan fingerprint density at radius 1 is 1.62 bits per heavy atom. The van der Waals surface area contributed by atoms with Crippen molar-refractivity contribution in [1.29, 1.82) is 0 Å². The van der Waals surface area contributed by atoms with Gasteiger partial charge >= 0.3 is 0 Å². The molecule has 0 heterocycles. The lowest BCUT2D eigenvalue weighted by molar-refractivity contribution is -0.117. The van der Waals surface area contributed by atoms with Gasteiger partial charge in [-0.1, -0.05) is 6.58 Å². The summed E-state index contributed by atoms with van der Waals surface area (Å²) in [5, 5.41) is 0. The van der Waals surface area contributed by atoms with E-state index in [2.05, 4.69) is 13.5 Å². The van der Waals surface area contributed by atoms with Crippen LogP contribution in [0, 0.1) is 6.92 Å². The maximum Gasteiger partial charge on any atom is 0.189 e. The molecular formula is C5H9N2O. The first kappa shape index (κ1) is 7.33. The molecule has 0 unspecified atom stereocenters. The second kappa shape index (κ2) is 2.07. The van der Waals surface area contributed by atoms with Gasteiger partial charge in [0.1, 0.15) is 5.66 Å². The summed E-state index contributed by atoms with van der Waals surface area (Å²) in [4.78, 5) is 10.4. The Kier molecular flexibility index (Phi) is 1.89. The van der Waals surface area contributed by atoms with Crippen LogP contribution in [0.25, 0.3) is 0 Å². The molecule has 0 saturated carbocycles. The van der Waals surface area contributed by atoms with Crippen LogP contribution in [0.5, 0.6) is 0 Å². The maximum absolute atomic E-state index is 10.4. The highest BCUT2D eigenvalue weighted by Crippen LogP contribution is 1.88. The SMILES string of the molecule is [CH2]C(N)(N)C(=O)C=C. The van der Waals surface area contributed by atoms with Gasteiger partial charge in [-0.25, -0.2) is 0 Å². The lowest BCUT2D eigenvalue weighted by atomic mass is 10.1. The third-order valence-corrected chi connectivity index (χ3v) is 0.644. The van der Waals surface area contributed by atoms with E-state index in [0.717, 1.165) is 6.08 Å². The minimum absolute atomic E-state index is 0.461. The largest absolute Gasteiger partial charge is 0.307 e. The minimum atomic E-state index is -1.50. The number of hydrogen-bond acceptors (Lipinski definition) is 3. The molecule has 0 aliphatic heterocycles. The molecule has 0 saturated heterocycles. The summed E-state index contributed by atoms with van der Waals surface area (Å²) in [6, 6.07) is 0. The van der Waals surface area contributed by atoms with Crippen molar-refractivity contribution in [3.63, 3.8) is 0 Å². The Hall–Kier alpha value is -0.670. The van der Waals surface area contributed by atoms with Gasteiger partial charge in [-0.15, -0.1) is 0 Å². The van der Waals surface area contributed by atoms with Crippen molar-refractivity contribution in [1.82, 2.24) is 0 Å². The standard InChI is InChI=1S/C5H9N2O/c1-3-4(8)5(2,6)7/h3H,1-2,6-7H2. The van der Waals surface area contributed by atoms with E-state index in [0.29, 0.717) is 0 Å². The van der Waals surface area contributed by atoms with Gasteiger partial charge in [0.05, 0.1) is 0 Å². The summed E-state index contributed by atoms with van der Waals surface area (Å²) in [7, 11) is 0. The van der Waals surface area contributed by atoms with Crippen LogP contribution in [0.2, 0.25) is 0 Å². The summed E-state index contributed by atoms with van der Waals surface area (Å²) >= 11 is 0. The van der Waals surface area contributed by atoms with Gasteiger partial charge < -0.3 is 11.5 Å². The van der Waals surface area contributed by atoms with Crippen LogP contribution in [-0.2, 0) is 4.79 Å². The molecular weight excluding hydrogens is 104 g/mol. The zero-order chi connectivity index (χ0) is 6.78. The molecule has 8 heavy (non-hydrogen) atoms. The first-order valence-corrected chi connectivity index (χ1v) is 2.08. The van der Waals surface area contributed by atoms with E-state index in [4.69, 9.17) is 11.5 Å². The van der Waals surface area contributed by atoms with Gasteiger partial charge in [-0.3, -0.25) is 4.79 Å². The molecule has 45 valence electrons. The summed E-state index contributed by atoms with van der Waals surface area (Å²) in [6.07, 6.45) is 1.05. The zero-order valence-electron chi connectivity index (χ0n) is 4.55. The lowest BCUT2D eigenvalue weighted by Crippen LogP contribution is -2.52. The predicted molar refractivity (Wildman–Crippen MR) is 31.7 cm³/mol. The highest BCUT2D eigenvalue weighted by molar-refractivity contribution is 5.97. The van der Waals surface area contributed by atoms with Crippen LogP contribution in [0.3, 0.4) is 0 Å². The lowest BCUT2D eigenvalue weighted by Gasteiger charge is -2.12. The molecule has 0 aliphatic carbocycles. The summed E-state index contributed by atoms with van der Waals surface area (Å²) in [5.41, 5.74) is 8.57. The molecule has 3 heteroatoms. The molecule has 0 aromatic carbocycles. The highest BCUT2D eigenvalue weighted by Gasteiger charge is 2.18. The number of ketones is 1. The third-order valence-electron chi connectivity index (χ3n) is 0.644. The molecule has 1 radical (unpaired) electrons. The Morgan fingerprint density at radius 2 is 2.00 bits per heavy atom. The molecule has 0 rings (SSSR count). The van der Waals surface area contributed by atoms with Crippen LogP contribution in [-0.4, -0.2) is 11.4 Å². The van der Waals surface area contributed by atoms with E-state index in [-0.39, 0.29) is 0 Å². The van der Waals surface area contributed by atoms with E-state index >= 15 is 0 Å². The van der Waals surface area contributed by atoms with Crippen molar-refractivity contribution in [2.45, 2.75) is 5.66 Å². The molecule has 4 N–H and O–H groups in total. The molecule has 0 aliphatic rings. The minimum Gasteiger partial charge on any atom is -0.307 e. The topological polar surface area (TPSA) is 69.1 Å². The highest BCUT2D eigenvalue weighted by atomic mass is 16.1. The molecule has 0 amide bonds. The van der Waals surface area contributed by atoms with Crippen LogP contribution < -0.4 is 11.5 Å². The predicted octanol–water partition coefficient (Wildman–Crippen LogP) is -0.811. The monoisotopic (exact) mass is 113 g/mol. The van der Waals surface area contributed by atoms with Crippen LogP contribution in [0.15, 0.2) is 12.7 Å². The van der Waals surface area contributed by atoms with E-state index in [1.807, 2.05) is 0 Å². The van der Waals surface area contributed by atoms with Gasteiger partial charge in [-0.05, 0) is 13.0 Å². The third kappa shape index (κ3) is 1.86. The molecule has 0 atom stereocenters. The number of rotatable bonds is 2. The first-order valence-electron chi connectivity index (χ1n) is 2.08. The van der Waals surface area contributed by atoms with Crippen LogP contribution in [0.1, 0.15) is 0 Å². The van der Waals surface area contributed by atoms with Crippen molar-refractivity contribution < 1.29 is 4.79 Å². The van der Waals surface area contributed by atoms with E-state index in [1.54, 1.807) is 0 Å². The van der Waals surface area contributed by atoms with Crippen LogP contribution >= 0.6 is 0 Å². The quantitative estimate of drug-likeness (QED) is 0.363. The second-order valence-corrected chi connectivity index (χ2v) is 1.61. The summed E-state index contributed by atoms with van der Waals surface area (Å²) in [6.45, 7) is 6.35. The van der Waals surface area contributed by atoms with Gasteiger partial charge in [0.25, 0.3) is 0 Å². The number of hydrogen-bond donors (Lipinski definition) is 2. The fourth-order valence-corrected chi connectivity index (χ4v) is 0.190. The molecule has 0 bridgehead atoms.